The lowest BCUT2D eigenvalue weighted by atomic mass is 9.83. The van der Waals surface area contributed by atoms with Gasteiger partial charge in [0.15, 0.2) is 23.0 Å². The Bertz CT molecular complexity index is 1360. The largest absolute Gasteiger partial charge is 0.493 e. The summed E-state index contributed by atoms with van der Waals surface area (Å²) in [5.41, 5.74) is 5.15. The van der Waals surface area contributed by atoms with E-state index in [0.717, 1.165) is 42.0 Å². The number of hydrogen-bond acceptors (Lipinski definition) is 7. The average molecular weight is 480 g/mol. The van der Waals surface area contributed by atoms with Crippen molar-refractivity contribution in [1.82, 2.24) is 4.90 Å². The summed E-state index contributed by atoms with van der Waals surface area (Å²) in [5.74, 6) is 2.12. The molecule has 3 heterocycles. The first-order chi connectivity index (χ1) is 16.5. The van der Waals surface area contributed by atoms with Crippen LogP contribution < -0.4 is 18.4 Å². The fourth-order valence-corrected chi connectivity index (χ4v) is 6.28. The minimum Gasteiger partial charge on any atom is -0.493 e. The Morgan fingerprint density at radius 2 is 1.82 bits per heavy atom. The molecule has 3 aliphatic heterocycles. The molecule has 6 rings (SSSR count). The van der Waals surface area contributed by atoms with Crippen LogP contribution in [0.1, 0.15) is 33.9 Å². The molecule has 0 saturated heterocycles. The molecule has 3 aliphatic rings. The molecule has 7 nitrogen and oxygen atoms in total. The molecule has 0 spiro atoms. The SMILES string of the molecule is COc1ccc2c(c1OS(=O)(=O)Cc1ccccc1)CN1CCc3cc4c(cc3C1C2)OCO4. The highest BCUT2D eigenvalue weighted by atomic mass is 32.2. The minimum absolute atomic E-state index is 0.188. The van der Waals surface area contributed by atoms with Gasteiger partial charge in [-0.3, -0.25) is 4.90 Å². The monoisotopic (exact) mass is 479 g/mol. The summed E-state index contributed by atoms with van der Waals surface area (Å²) in [5, 5.41) is 0. The first kappa shape index (κ1) is 21.3. The van der Waals surface area contributed by atoms with Crippen LogP contribution in [0.3, 0.4) is 0 Å². The number of rotatable bonds is 5. The molecule has 0 bridgehead atoms. The lowest BCUT2D eigenvalue weighted by molar-refractivity contribution is 0.159. The molecule has 3 aromatic carbocycles. The van der Waals surface area contributed by atoms with Crippen LogP contribution in [0.25, 0.3) is 0 Å². The van der Waals surface area contributed by atoms with E-state index in [1.54, 1.807) is 18.2 Å². The topological polar surface area (TPSA) is 74.3 Å². The van der Waals surface area contributed by atoms with Crippen molar-refractivity contribution < 1.29 is 26.8 Å². The predicted molar refractivity (Wildman–Crippen MR) is 126 cm³/mol. The lowest BCUT2D eigenvalue weighted by Crippen LogP contribution is -2.39. The van der Waals surface area contributed by atoms with Crippen LogP contribution in [0.2, 0.25) is 0 Å². The molecule has 176 valence electrons. The van der Waals surface area contributed by atoms with Crippen molar-refractivity contribution in [2.45, 2.75) is 31.2 Å². The van der Waals surface area contributed by atoms with Gasteiger partial charge in [-0.05, 0) is 53.3 Å². The van der Waals surface area contributed by atoms with Crippen LogP contribution in [-0.4, -0.2) is 33.8 Å². The maximum absolute atomic E-state index is 13.0. The van der Waals surface area contributed by atoms with Crippen molar-refractivity contribution in [1.29, 1.82) is 0 Å². The molecule has 8 heteroatoms. The van der Waals surface area contributed by atoms with Gasteiger partial charge in [0.05, 0.1) is 7.11 Å². The number of ether oxygens (including phenoxy) is 3. The van der Waals surface area contributed by atoms with Crippen LogP contribution in [0.5, 0.6) is 23.0 Å². The standard InChI is InChI=1S/C26H25NO6S/c1-30-23-8-7-18-11-22-20-13-25-24(31-16-32-25)12-19(20)9-10-27(22)14-21(18)26(23)33-34(28,29)15-17-5-3-2-4-6-17/h2-8,12-13,22H,9-11,14-16H2,1H3. The van der Waals surface area contributed by atoms with E-state index in [-0.39, 0.29) is 18.6 Å². The van der Waals surface area contributed by atoms with Crippen molar-refractivity contribution in [2.75, 3.05) is 20.4 Å². The molecule has 0 N–H and O–H groups in total. The van der Waals surface area contributed by atoms with Gasteiger partial charge in [-0.15, -0.1) is 0 Å². The first-order valence-corrected chi connectivity index (χ1v) is 12.9. The van der Waals surface area contributed by atoms with Gasteiger partial charge in [0, 0.05) is 24.7 Å². The van der Waals surface area contributed by atoms with E-state index in [4.69, 9.17) is 18.4 Å². The highest BCUT2D eigenvalue weighted by molar-refractivity contribution is 7.86. The summed E-state index contributed by atoms with van der Waals surface area (Å²) < 4.78 is 48.3. The van der Waals surface area contributed by atoms with Crippen molar-refractivity contribution in [3.05, 3.63) is 82.4 Å². The normalized spacial score (nSPS) is 18.6. The molecule has 0 amide bonds. The Balaban J connectivity index is 1.34. The number of benzene rings is 3. The van der Waals surface area contributed by atoms with Gasteiger partial charge < -0.3 is 18.4 Å². The van der Waals surface area contributed by atoms with Gasteiger partial charge in [-0.2, -0.15) is 8.42 Å². The maximum atomic E-state index is 13.0. The zero-order valence-corrected chi connectivity index (χ0v) is 19.6. The minimum atomic E-state index is -3.87. The molecule has 1 atom stereocenters. The zero-order valence-electron chi connectivity index (χ0n) is 18.8. The molecule has 0 saturated carbocycles. The van der Waals surface area contributed by atoms with Gasteiger partial charge in [-0.1, -0.05) is 36.4 Å². The highest BCUT2D eigenvalue weighted by Gasteiger charge is 2.36. The second-order valence-corrected chi connectivity index (χ2v) is 10.4. The van der Waals surface area contributed by atoms with E-state index in [1.807, 2.05) is 24.3 Å². The third-order valence-corrected chi connectivity index (χ3v) is 7.92. The second kappa shape index (κ2) is 8.21. The quantitative estimate of drug-likeness (QED) is 0.513. The molecule has 0 fully saturated rings. The van der Waals surface area contributed by atoms with Gasteiger partial charge in [0.1, 0.15) is 5.75 Å². The summed E-state index contributed by atoms with van der Waals surface area (Å²) in [6, 6.07) is 17.2. The Morgan fingerprint density at radius 1 is 1.03 bits per heavy atom. The fraction of sp³-hybridized carbons (Fsp3) is 0.308. The molecule has 1 unspecified atom stereocenters. The average Bonchev–Trinajstić information content (AvgIpc) is 3.29. The van der Waals surface area contributed by atoms with Crippen molar-refractivity contribution in [2.24, 2.45) is 0 Å². The summed E-state index contributed by atoms with van der Waals surface area (Å²) in [6.07, 6.45) is 1.64. The Kier molecular flexibility index (Phi) is 5.15. The van der Waals surface area contributed by atoms with E-state index < -0.39 is 10.1 Å². The highest BCUT2D eigenvalue weighted by Crippen LogP contribution is 2.47. The number of fused-ring (bicyclic) bond motifs is 5. The molecular formula is C26H25NO6S. The van der Waals surface area contributed by atoms with Crippen LogP contribution in [0.4, 0.5) is 0 Å². The van der Waals surface area contributed by atoms with E-state index in [9.17, 15) is 8.42 Å². The fourth-order valence-electron chi connectivity index (χ4n) is 5.18. The van der Waals surface area contributed by atoms with Crippen LogP contribution in [0, 0.1) is 0 Å². The molecular weight excluding hydrogens is 454 g/mol. The summed E-state index contributed by atoms with van der Waals surface area (Å²) in [4.78, 5) is 2.38. The number of nitrogens with zero attached hydrogens (tertiary/aromatic N) is 1. The van der Waals surface area contributed by atoms with E-state index in [0.29, 0.717) is 23.6 Å². The van der Waals surface area contributed by atoms with Crippen molar-refractivity contribution >= 4 is 10.1 Å². The van der Waals surface area contributed by atoms with E-state index >= 15 is 0 Å². The molecule has 3 aromatic rings. The van der Waals surface area contributed by atoms with Crippen LogP contribution in [0.15, 0.2) is 54.6 Å². The second-order valence-electron chi connectivity index (χ2n) is 8.85. The summed E-state index contributed by atoms with van der Waals surface area (Å²) in [6.45, 7) is 1.71. The lowest BCUT2D eigenvalue weighted by Gasteiger charge is -2.42. The Hall–Kier alpha value is -3.23. The van der Waals surface area contributed by atoms with E-state index in [1.165, 1.54) is 18.2 Å². The molecule has 34 heavy (non-hydrogen) atoms. The maximum Gasteiger partial charge on any atom is 0.313 e. The van der Waals surface area contributed by atoms with E-state index in [2.05, 4.69) is 17.0 Å². The van der Waals surface area contributed by atoms with Gasteiger partial charge in [0.25, 0.3) is 0 Å². The van der Waals surface area contributed by atoms with Gasteiger partial charge in [0.2, 0.25) is 6.79 Å². The summed E-state index contributed by atoms with van der Waals surface area (Å²) >= 11 is 0. The predicted octanol–water partition coefficient (Wildman–Crippen LogP) is 3.99. The third kappa shape index (κ3) is 3.76. The number of methoxy groups -OCH3 is 1. The van der Waals surface area contributed by atoms with Crippen molar-refractivity contribution in [3.8, 4) is 23.0 Å². The smallest absolute Gasteiger partial charge is 0.313 e. The molecule has 0 radical (unpaired) electrons. The zero-order chi connectivity index (χ0) is 23.3. The molecule has 0 aromatic heterocycles. The molecule has 0 aliphatic carbocycles. The number of hydrogen-bond donors (Lipinski definition) is 0. The van der Waals surface area contributed by atoms with Gasteiger partial charge in [-0.25, -0.2) is 0 Å². The van der Waals surface area contributed by atoms with Crippen molar-refractivity contribution in [3.63, 3.8) is 0 Å². The first-order valence-electron chi connectivity index (χ1n) is 11.3. The third-order valence-electron chi connectivity index (χ3n) is 6.81. The Morgan fingerprint density at radius 3 is 2.62 bits per heavy atom. The van der Waals surface area contributed by atoms with Crippen LogP contribution in [-0.2, 0) is 35.3 Å². The summed E-state index contributed by atoms with van der Waals surface area (Å²) in [7, 11) is -2.34. The Labute approximate surface area is 198 Å². The van der Waals surface area contributed by atoms with Crippen LogP contribution >= 0.6 is 0 Å². The van der Waals surface area contributed by atoms with Gasteiger partial charge >= 0.3 is 10.1 Å².